The van der Waals surface area contributed by atoms with Crippen LogP contribution in [0.15, 0.2) is 57.3 Å². The molecule has 0 bridgehead atoms. The predicted molar refractivity (Wildman–Crippen MR) is 104 cm³/mol. The molecule has 0 aliphatic heterocycles. The van der Waals surface area contributed by atoms with Crippen molar-refractivity contribution in [3.05, 3.63) is 69.3 Å². The van der Waals surface area contributed by atoms with Crippen molar-refractivity contribution in [1.29, 1.82) is 0 Å². The number of amidine groups is 1. The van der Waals surface area contributed by atoms with E-state index < -0.39 is 0 Å². The van der Waals surface area contributed by atoms with Gasteiger partial charge in [-0.2, -0.15) is 5.10 Å². The summed E-state index contributed by atoms with van der Waals surface area (Å²) in [4.78, 5) is 0. The summed E-state index contributed by atoms with van der Waals surface area (Å²) in [5.74, 6) is 0.685. The van der Waals surface area contributed by atoms with Crippen LogP contribution in [0.25, 0.3) is 0 Å². The monoisotopic (exact) mass is 404 g/mol. The van der Waals surface area contributed by atoms with Crippen molar-refractivity contribution in [2.75, 3.05) is 5.73 Å². The molecule has 0 saturated heterocycles. The molecule has 0 aliphatic rings. The van der Waals surface area contributed by atoms with Crippen molar-refractivity contribution in [2.24, 2.45) is 15.9 Å². The van der Waals surface area contributed by atoms with Gasteiger partial charge in [0.05, 0.1) is 6.21 Å². The van der Waals surface area contributed by atoms with E-state index in [1.807, 2.05) is 24.3 Å². The Morgan fingerprint density at radius 1 is 1.19 bits per heavy atom. The highest BCUT2D eigenvalue weighted by Crippen LogP contribution is 2.23. The van der Waals surface area contributed by atoms with Crippen LogP contribution in [-0.2, 0) is 6.61 Å². The van der Waals surface area contributed by atoms with Gasteiger partial charge in [-0.1, -0.05) is 41.4 Å². The van der Waals surface area contributed by atoms with Gasteiger partial charge >= 0.3 is 0 Å². The number of halogens is 2. The van der Waals surface area contributed by atoms with E-state index in [-0.39, 0.29) is 17.3 Å². The standard InChI is InChI=1S/C17H14Cl2N6O2/c18-12-5-4-11(14(19)7-12)9-26-13-3-1-2-10(6-13)8-22-23-16(20)15-17(21)25-27-24-15/h1-8H,9H2,(H2,20,23)(H2,21,25). The first kappa shape index (κ1) is 18.7. The van der Waals surface area contributed by atoms with E-state index >= 15 is 0 Å². The van der Waals surface area contributed by atoms with E-state index in [0.29, 0.717) is 22.4 Å². The summed E-state index contributed by atoms with van der Waals surface area (Å²) in [7, 11) is 0. The van der Waals surface area contributed by atoms with Crippen LogP contribution in [0.5, 0.6) is 5.75 Å². The Kier molecular flexibility index (Phi) is 5.90. The molecular weight excluding hydrogens is 391 g/mol. The Hall–Kier alpha value is -3.10. The second-order valence-corrected chi connectivity index (χ2v) is 6.17. The summed E-state index contributed by atoms with van der Waals surface area (Å²) in [6.07, 6.45) is 1.51. The van der Waals surface area contributed by atoms with Crippen LogP contribution in [0.3, 0.4) is 0 Å². The van der Waals surface area contributed by atoms with Crippen molar-refractivity contribution < 1.29 is 9.37 Å². The second kappa shape index (κ2) is 8.52. The lowest BCUT2D eigenvalue weighted by molar-refractivity contribution is 0.306. The number of hydrogen-bond donors (Lipinski definition) is 2. The van der Waals surface area contributed by atoms with Crippen molar-refractivity contribution in [3.63, 3.8) is 0 Å². The maximum atomic E-state index is 6.14. The molecular formula is C17H14Cl2N6O2. The Morgan fingerprint density at radius 3 is 2.78 bits per heavy atom. The van der Waals surface area contributed by atoms with E-state index in [4.69, 9.17) is 39.4 Å². The van der Waals surface area contributed by atoms with Crippen LogP contribution in [0.2, 0.25) is 10.0 Å². The minimum absolute atomic E-state index is 0.00483. The maximum absolute atomic E-state index is 6.14. The lowest BCUT2D eigenvalue weighted by Crippen LogP contribution is -2.15. The number of rotatable bonds is 6. The smallest absolute Gasteiger partial charge is 0.199 e. The maximum Gasteiger partial charge on any atom is 0.199 e. The van der Waals surface area contributed by atoms with Gasteiger partial charge in [-0.15, -0.1) is 5.10 Å². The summed E-state index contributed by atoms with van der Waals surface area (Å²) >= 11 is 12.0. The number of benzene rings is 2. The van der Waals surface area contributed by atoms with E-state index in [1.165, 1.54) is 6.21 Å². The van der Waals surface area contributed by atoms with Crippen LogP contribution in [0.1, 0.15) is 16.8 Å². The van der Waals surface area contributed by atoms with Crippen LogP contribution in [-0.4, -0.2) is 22.4 Å². The normalized spacial score (nSPS) is 11.9. The van der Waals surface area contributed by atoms with E-state index in [1.54, 1.807) is 18.2 Å². The fourth-order valence-electron chi connectivity index (χ4n) is 2.06. The number of nitrogen functional groups attached to an aromatic ring is 1. The van der Waals surface area contributed by atoms with Crippen LogP contribution in [0, 0.1) is 0 Å². The zero-order chi connectivity index (χ0) is 19.2. The van der Waals surface area contributed by atoms with Gasteiger partial charge < -0.3 is 16.2 Å². The zero-order valence-corrected chi connectivity index (χ0v) is 15.4. The van der Waals surface area contributed by atoms with Crippen LogP contribution >= 0.6 is 23.2 Å². The van der Waals surface area contributed by atoms with Crippen LogP contribution in [0.4, 0.5) is 5.82 Å². The van der Waals surface area contributed by atoms with Gasteiger partial charge in [-0.3, -0.25) is 0 Å². The molecule has 10 heteroatoms. The molecule has 0 unspecified atom stereocenters. The highest BCUT2D eigenvalue weighted by molar-refractivity contribution is 6.35. The number of ether oxygens (including phenoxy) is 1. The van der Waals surface area contributed by atoms with E-state index in [0.717, 1.165) is 11.1 Å². The summed E-state index contributed by atoms with van der Waals surface area (Å²) in [5, 5.41) is 15.8. The van der Waals surface area contributed by atoms with Gasteiger partial charge in [-0.25, -0.2) is 4.63 Å². The molecule has 0 amide bonds. The number of hydrogen-bond acceptors (Lipinski definition) is 7. The lowest BCUT2D eigenvalue weighted by Gasteiger charge is -2.08. The topological polar surface area (TPSA) is 125 Å². The number of aromatic nitrogens is 2. The zero-order valence-electron chi connectivity index (χ0n) is 13.8. The molecule has 27 heavy (non-hydrogen) atoms. The molecule has 0 atom stereocenters. The molecule has 1 heterocycles. The lowest BCUT2D eigenvalue weighted by atomic mass is 10.2. The molecule has 1 aromatic heterocycles. The fraction of sp³-hybridized carbons (Fsp3) is 0.0588. The van der Waals surface area contributed by atoms with Gasteiger partial charge in [0.2, 0.25) is 0 Å². The first-order chi connectivity index (χ1) is 13.0. The quantitative estimate of drug-likeness (QED) is 0.368. The van der Waals surface area contributed by atoms with Gasteiger partial charge in [0, 0.05) is 15.6 Å². The molecule has 138 valence electrons. The molecule has 0 spiro atoms. The average Bonchev–Trinajstić information content (AvgIpc) is 3.07. The SMILES string of the molecule is NC(=NN=Cc1cccc(OCc2ccc(Cl)cc2Cl)c1)c1nonc1N. The summed E-state index contributed by atoms with van der Waals surface area (Å²) in [5.41, 5.74) is 13.0. The van der Waals surface area contributed by atoms with E-state index in [9.17, 15) is 0 Å². The van der Waals surface area contributed by atoms with Gasteiger partial charge in [-0.05, 0) is 40.1 Å². The van der Waals surface area contributed by atoms with E-state index in [2.05, 4.69) is 25.1 Å². The van der Waals surface area contributed by atoms with Crippen molar-refractivity contribution in [2.45, 2.75) is 6.61 Å². The highest BCUT2D eigenvalue weighted by atomic mass is 35.5. The highest BCUT2D eigenvalue weighted by Gasteiger charge is 2.10. The molecule has 2 aromatic carbocycles. The van der Waals surface area contributed by atoms with Crippen molar-refractivity contribution >= 4 is 41.1 Å². The van der Waals surface area contributed by atoms with Crippen molar-refractivity contribution in [1.82, 2.24) is 10.3 Å². The fourth-order valence-corrected chi connectivity index (χ4v) is 2.53. The molecule has 4 N–H and O–H groups in total. The third-order valence-corrected chi connectivity index (χ3v) is 3.98. The van der Waals surface area contributed by atoms with Crippen LogP contribution < -0.4 is 16.2 Å². The number of nitrogens with zero attached hydrogens (tertiary/aromatic N) is 4. The molecule has 0 radical (unpaired) electrons. The summed E-state index contributed by atoms with van der Waals surface area (Å²) in [6.45, 7) is 0.306. The molecule has 3 aromatic rings. The molecule has 3 rings (SSSR count). The van der Waals surface area contributed by atoms with Gasteiger partial charge in [0.25, 0.3) is 0 Å². The third kappa shape index (κ3) is 4.96. The predicted octanol–water partition coefficient (Wildman–Crippen LogP) is 3.28. The largest absolute Gasteiger partial charge is 0.489 e. The van der Waals surface area contributed by atoms with Gasteiger partial charge in [0.15, 0.2) is 17.3 Å². The van der Waals surface area contributed by atoms with Crippen molar-refractivity contribution in [3.8, 4) is 5.75 Å². The Bertz CT molecular complexity index is 1000. The molecule has 0 saturated carbocycles. The minimum Gasteiger partial charge on any atom is -0.489 e. The first-order valence-electron chi connectivity index (χ1n) is 7.64. The second-order valence-electron chi connectivity index (χ2n) is 5.32. The molecule has 0 fully saturated rings. The minimum atomic E-state index is -0.00483. The number of nitrogens with two attached hydrogens (primary N) is 2. The average molecular weight is 405 g/mol. The first-order valence-corrected chi connectivity index (χ1v) is 8.40. The Labute approximate surface area is 164 Å². The summed E-state index contributed by atoms with van der Waals surface area (Å²) in [6, 6.07) is 12.5. The molecule has 0 aliphatic carbocycles. The summed E-state index contributed by atoms with van der Waals surface area (Å²) < 4.78 is 10.2. The third-order valence-electron chi connectivity index (χ3n) is 3.40. The Balaban J connectivity index is 1.65. The van der Waals surface area contributed by atoms with Gasteiger partial charge in [0.1, 0.15) is 12.4 Å². The molecule has 8 nitrogen and oxygen atoms in total. The Morgan fingerprint density at radius 2 is 2.04 bits per heavy atom. The number of anilines is 1.